The molecule has 5 nitrogen and oxygen atoms in total. The van der Waals surface area contributed by atoms with Gasteiger partial charge in [0.2, 0.25) is 0 Å². The van der Waals surface area contributed by atoms with E-state index < -0.39 is 0 Å². The molecule has 2 heterocycles. The van der Waals surface area contributed by atoms with Gasteiger partial charge >= 0.3 is 0 Å². The maximum Gasteiger partial charge on any atom is 0.166 e. The number of hydrogen-bond donors (Lipinski definition) is 0. The van der Waals surface area contributed by atoms with Gasteiger partial charge < -0.3 is 4.74 Å². The lowest BCUT2D eigenvalue weighted by molar-refractivity contribution is 0.0962. The number of hydrogen-bond acceptors (Lipinski definition) is 4. The number of Topliss-reactive ketones (excluding diaryl/α,β-unsaturated/α-hetero) is 1. The zero-order valence-corrected chi connectivity index (χ0v) is 19.8. The first-order valence-electron chi connectivity index (χ1n) is 11.2. The van der Waals surface area contributed by atoms with Crippen LogP contribution >= 0.6 is 11.6 Å². The van der Waals surface area contributed by atoms with Gasteiger partial charge in [-0.3, -0.25) is 4.79 Å². The Morgan fingerprint density at radius 1 is 1.15 bits per heavy atom. The van der Waals surface area contributed by atoms with Crippen LogP contribution in [0.3, 0.4) is 0 Å². The zero-order chi connectivity index (χ0) is 23.1. The lowest BCUT2D eigenvalue weighted by Crippen LogP contribution is -2.21. The third-order valence-electron chi connectivity index (χ3n) is 6.40. The minimum atomic E-state index is 0.108. The number of fused-ring (bicyclic) bond motifs is 2. The molecule has 0 fully saturated rings. The normalized spacial score (nSPS) is 15.9. The molecule has 0 spiro atoms. The summed E-state index contributed by atoms with van der Waals surface area (Å²) in [5.74, 6) is 0.713. The van der Waals surface area contributed by atoms with Crippen LogP contribution in [0, 0.1) is 0 Å². The van der Waals surface area contributed by atoms with Crippen molar-refractivity contribution in [2.75, 3.05) is 7.11 Å². The van der Waals surface area contributed by atoms with Gasteiger partial charge in [0, 0.05) is 24.8 Å². The van der Waals surface area contributed by atoms with E-state index >= 15 is 0 Å². The van der Waals surface area contributed by atoms with Crippen LogP contribution in [0.1, 0.15) is 65.0 Å². The second-order valence-electron chi connectivity index (χ2n) is 8.98. The first-order valence-corrected chi connectivity index (χ1v) is 11.6. The number of rotatable bonds is 5. The van der Waals surface area contributed by atoms with Crippen LogP contribution < -0.4 is 0 Å². The van der Waals surface area contributed by atoms with Crippen molar-refractivity contribution in [1.29, 1.82) is 0 Å². The van der Waals surface area contributed by atoms with E-state index in [9.17, 15) is 4.79 Å². The molecule has 4 aromatic rings. The van der Waals surface area contributed by atoms with Crippen molar-refractivity contribution in [1.82, 2.24) is 14.6 Å². The molecule has 0 saturated carbocycles. The second kappa shape index (κ2) is 8.73. The Labute approximate surface area is 198 Å². The number of halogens is 1. The lowest BCUT2D eigenvalue weighted by atomic mass is 9.81. The van der Waals surface area contributed by atoms with E-state index in [1.165, 1.54) is 11.1 Å². The molecule has 6 heteroatoms. The number of nitrogens with zero attached hydrogens (tertiary/aromatic N) is 3. The number of methoxy groups -OCH3 is 1. The molecule has 1 atom stereocenters. The number of carbonyl (C=O) groups is 1. The van der Waals surface area contributed by atoms with Gasteiger partial charge in [-0.25, -0.2) is 9.50 Å². The van der Waals surface area contributed by atoms with E-state index in [1.54, 1.807) is 11.6 Å². The number of ether oxygens (including phenoxy) is 1. The Kier molecular flexibility index (Phi) is 5.77. The van der Waals surface area contributed by atoms with Gasteiger partial charge in [0.25, 0.3) is 0 Å². The molecule has 0 N–H and O–H groups in total. The molecule has 5 rings (SSSR count). The molecule has 2 aromatic heterocycles. The molecule has 1 aliphatic carbocycles. The standard InChI is InChI=1S/C27H26ClN3O2/c1-16(2)17-7-9-18(10-8-17)20-12-23-22(25(32)13-20)14-31-27(29-23)26(24(30-31)15-33-3)19-5-4-6-21(28)11-19/h4-11,14,16,20H,12-13,15H2,1-3H3. The van der Waals surface area contributed by atoms with Crippen molar-refractivity contribution < 1.29 is 9.53 Å². The Hall–Kier alpha value is -3.02. The molecular formula is C27H26ClN3O2. The molecule has 0 amide bonds. The maximum absolute atomic E-state index is 13.1. The summed E-state index contributed by atoms with van der Waals surface area (Å²) in [6, 6.07) is 16.3. The Morgan fingerprint density at radius 3 is 2.64 bits per heavy atom. The molecule has 168 valence electrons. The van der Waals surface area contributed by atoms with Crippen LogP contribution in [0.5, 0.6) is 0 Å². The Morgan fingerprint density at radius 2 is 1.94 bits per heavy atom. The summed E-state index contributed by atoms with van der Waals surface area (Å²) in [5, 5.41) is 5.33. The average Bonchev–Trinajstić information content (AvgIpc) is 3.15. The lowest BCUT2D eigenvalue weighted by Gasteiger charge is -2.23. The quantitative estimate of drug-likeness (QED) is 0.355. The predicted octanol–water partition coefficient (Wildman–Crippen LogP) is 6.23. The molecule has 2 aromatic carbocycles. The highest BCUT2D eigenvalue weighted by atomic mass is 35.5. The third kappa shape index (κ3) is 4.07. The summed E-state index contributed by atoms with van der Waals surface area (Å²) < 4.78 is 7.10. The zero-order valence-electron chi connectivity index (χ0n) is 19.0. The molecule has 0 saturated heterocycles. The predicted molar refractivity (Wildman–Crippen MR) is 130 cm³/mol. The molecular weight excluding hydrogens is 434 g/mol. The average molecular weight is 460 g/mol. The molecule has 0 radical (unpaired) electrons. The molecule has 33 heavy (non-hydrogen) atoms. The fourth-order valence-corrected chi connectivity index (χ4v) is 4.84. The highest BCUT2D eigenvalue weighted by Gasteiger charge is 2.29. The van der Waals surface area contributed by atoms with Crippen LogP contribution in [-0.2, 0) is 17.8 Å². The summed E-state index contributed by atoms with van der Waals surface area (Å²) in [7, 11) is 1.64. The van der Waals surface area contributed by atoms with Crippen molar-refractivity contribution in [3.05, 3.63) is 87.8 Å². The molecule has 1 aliphatic rings. The van der Waals surface area contributed by atoms with E-state index in [4.69, 9.17) is 21.3 Å². The first kappa shape index (κ1) is 21.8. The van der Waals surface area contributed by atoms with Crippen molar-refractivity contribution in [3.63, 3.8) is 0 Å². The Bertz CT molecular complexity index is 1340. The van der Waals surface area contributed by atoms with Crippen molar-refractivity contribution in [2.24, 2.45) is 0 Å². The largest absolute Gasteiger partial charge is 0.378 e. The van der Waals surface area contributed by atoms with Crippen molar-refractivity contribution in [2.45, 2.75) is 45.1 Å². The highest BCUT2D eigenvalue weighted by Crippen LogP contribution is 2.35. The minimum absolute atomic E-state index is 0.108. The van der Waals surface area contributed by atoms with Gasteiger partial charge in [-0.15, -0.1) is 0 Å². The number of ketones is 1. The monoisotopic (exact) mass is 459 g/mol. The van der Waals surface area contributed by atoms with Crippen molar-refractivity contribution in [3.8, 4) is 11.1 Å². The first-order chi connectivity index (χ1) is 15.9. The van der Waals surface area contributed by atoms with Gasteiger partial charge in [-0.2, -0.15) is 5.10 Å². The summed E-state index contributed by atoms with van der Waals surface area (Å²) in [6.45, 7) is 4.71. The maximum atomic E-state index is 13.1. The minimum Gasteiger partial charge on any atom is -0.378 e. The second-order valence-corrected chi connectivity index (χ2v) is 9.42. The fraction of sp³-hybridized carbons (Fsp3) is 0.296. The topological polar surface area (TPSA) is 56.5 Å². The van der Waals surface area contributed by atoms with Crippen LogP contribution in [0.15, 0.2) is 54.7 Å². The summed E-state index contributed by atoms with van der Waals surface area (Å²) >= 11 is 6.27. The fourth-order valence-electron chi connectivity index (χ4n) is 4.65. The number of aromatic nitrogens is 3. The van der Waals surface area contributed by atoms with E-state index in [0.717, 1.165) is 28.9 Å². The summed E-state index contributed by atoms with van der Waals surface area (Å²) in [6.07, 6.45) is 3.03. The van der Waals surface area contributed by atoms with Gasteiger partial charge in [0.05, 0.1) is 29.1 Å². The van der Waals surface area contributed by atoms with E-state index in [2.05, 4.69) is 43.2 Å². The molecule has 0 bridgehead atoms. The van der Waals surface area contributed by atoms with E-state index in [0.29, 0.717) is 35.2 Å². The number of carbonyl (C=O) groups excluding carboxylic acids is 1. The highest BCUT2D eigenvalue weighted by molar-refractivity contribution is 6.30. The van der Waals surface area contributed by atoms with Gasteiger partial charge in [0.15, 0.2) is 11.4 Å². The van der Waals surface area contributed by atoms with Gasteiger partial charge in [-0.05, 0) is 47.1 Å². The van der Waals surface area contributed by atoms with Gasteiger partial charge in [0.1, 0.15) is 0 Å². The van der Waals surface area contributed by atoms with Crippen LogP contribution in [0.2, 0.25) is 5.02 Å². The van der Waals surface area contributed by atoms with Crippen LogP contribution in [0.25, 0.3) is 16.8 Å². The summed E-state index contributed by atoms with van der Waals surface area (Å²) in [4.78, 5) is 18.1. The van der Waals surface area contributed by atoms with E-state index in [1.807, 2.05) is 30.5 Å². The smallest absolute Gasteiger partial charge is 0.166 e. The van der Waals surface area contributed by atoms with Crippen molar-refractivity contribution >= 4 is 23.0 Å². The van der Waals surface area contributed by atoms with Gasteiger partial charge in [-0.1, -0.05) is 61.8 Å². The summed E-state index contributed by atoms with van der Waals surface area (Å²) in [5.41, 5.74) is 7.26. The molecule has 0 aliphatic heterocycles. The van der Waals surface area contributed by atoms with E-state index in [-0.39, 0.29) is 11.7 Å². The third-order valence-corrected chi connectivity index (χ3v) is 6.64. The molecule has 1 unspecified atom stereocenters. The van der Waals surface area contributed by atoms with Crippen LogP contribution in [-0.4, -0.2) is 27.5 Å². The number of benzene rings is 2. The SMILES string of the molecule is COCc1nn2cc3c(nc2c1-c1cccc(Cl)c1)CC(c1ccc(C(C)C)cc1)CC3=O. The Balaban J connectivity index is 1.59. The van der Waals surface area contributed by atoms with Crippen LogP contribution in [0.4, 0.5) is 0 Å².